The lowest BCUT2D eigenvalue weighted by atomic mass is 9.84. The number of likely N-dealkylation sites (N-methyl/N-ethyl adjacent to an activating group) is 1. The van der Waals surface area contributed by atoms with E-state index in [1.807, 2.05) is 52.4 Å². The van der Waals surface area contributed by atoms with Gasteiger partial charge in [0.25, 0.3) is 12.3 Å². The molecule has 3 saturated heterocycles. The number of rotatable bonds is 15. The number of carbonyl (C=O) groups is 4. The van der Waals surface area contributed by atoms with E-state index in [4.69, 9.17) is 28.9 Å². The van der Waals surface area contributed by atoms with Crippen LogP contribution in [-0.4, -0.2) is 181 Å². The minimum Gasteiger partial charge on any atom is -0.464 e. The van der Waals surface area contributed by atoms with Crippen molar-refractivity contribution < 1.29 is 46.9 Å². The van der Waals surface area contributed by atoms with E-state index in [9.17, 15) is 23.2 Å². The summed E-state index contributed by atoms with van der Waals surface area (Å²) in [4.78, 5) is 76.8. The molecule has 424 valence electrons. The van der Waals surface area contributed by atoms with E-state index in [1.54, 1.807) is 12.0 Å². The number of carbonyl (C=O) groups excluding carboxylic acids is 4. The van der Waals surface area contributed by atoms with Crippen LogP contribution in [0.3, 0.4) is 0 Å². The molecule has 21 heteroatoms. The third kappa shape index (κ3) is 12.1. The Morgan fingerprint density at radius 3 is 2.45 bits per heavy atom. The molecule has 6 aliphatic rings. The maximum atomic E-state index is 15.0. The number of benzene rings is 1. The zero-order valence-corrected chi connectivity index (χ0v) is 47.3. The van der Waals surface area contributed by atoms with E-state index in [0.717, 1.165) is 82.2 Å². The number of anilines is 1. The summed E-state index contributed by atoms with van der Waals surface area (Å²) in [6.07, 6.45) is 0.949. The first-order valence-electron chi connectivity index (χ1n) is 28.1. The van der Waals surface area contributed by atoms with Crippen LogP contribution in [-0.2, 0) is 51.1 Å². The van der Waals surface area contributed by atoms with E-state index in [0.29, 0.717) is 70.3 Å². The molecule has 2 saturated carbocycles. The van der Waals surface area contributed by atoms with Crippen molar-refractivity contribution in [3.63, 3.8) is 0 Å². The highest BCUT2D eigenvalue weighted by Crippen LogP contribution is 2.48. The van der Waals surface area contributed by atoms with Gasteiger partial charge in [0, 0.05) is 111 Å². The van der Waals surface area contributed by atoms with Gasteiger partial charge in [0.05, 0.1) is 66.2 Å². The fourth-order valence-corrected chi connectivity index (χ4v) is 12.9. The number of hydrogen-bond donors (Lipinski definition) is 2. The molecule has 4 aromatic rings. The van der Waals surface area contributed by atoms with E-state index in [-0.39, 0.29) is 42.2 Å². The molecule has 1 aromatic carbocycles. The van der Waals surface area contributed by atoms with Gasteiger partial charge in [-0.15, -0.1) is 11.3 Å². The maximum Gasteiger partial charge on any atom is 0.324 e. The number of hydrogen-bond acceptors (Lipinski definition) is 15. The Balaban J connectivity index is 1.08. The molecule has 7 heterocycles. The largest absolute Gasteiger partial charge is 0.464 e. The fraction of sp³-hybridized carbons (Fsp3) is 0.649. The number of methoxy groups -OCH3 is 1. The Hall–Kier alpha value is -5.16. The van der Waals surface area contributed by atoms with Crippen LogP contribution in [0, 0.1) is 23.2 Å². The number of nitrogens with zero attached hydrogens (tertiary/aromatic N) is 8. The molecule has 6 bridgehead atoms. The van der Waals surface area contributed by atoms with Crippen LogP contribution >= 0.6 is 11.3 Å². The molecule has 2 aliphatic carbocycles. The van der Waals surface area contributed by atoms with Crippen molar-refractivity contribution in [2.45, 2.75) is 123 Å². The molecule has 0 unspecified atom stereocenters. The van der Waals surface area contributed by atoms with Crippen molar-refractivity contribution in [1.82, 2.24) is 45.0 Å². The van der Waals surface area contributed by atoms with Gasteiger partial charge in [-0.3, -0.25) is 34.1 Å². The van der Waals surface area contributed by atoms with Gasteiger partial charge in [-0.2, -0.15) is 0 Å². The molecular weight excluding hydrogens is 1020 g/mol. The van der Waals surface area contributed by atoms with Crippen molar-refractivity contribution in [2.75, 3.05) is 97.8 Å². The highest BCUT2D eigenvalue weighted by molar-refractivity contribution is 7.10. The number of thiazole rings is 1. The first kappa shape index (κ1) is 56.1. The van der Waals surface area contributed by atoms with Crippen LogP contribution < -0.4 is 15.6 Å². The van der Waals surface area contributed by atoms with Crippen molar-refractivity contribution in [2.24, 2.45) is 23.2 Å². The van der Waals surface area contributed by atoms with Crippen LogP contribution in [0.1, 0.15) is 95.7 Å². The lowest BCUT2D eigenvalue weighted by molar-refractivity contribution is -0.157. The third-order valence-corrected chi connectivity index (χ3v) is 17.6. The predicted molar refractivity (Wildman–Crippen MR) is 293 cm³/mol. The molecule has 2 N–H and O–H groups in total. The Morgan fingerprint density at radius 1 is 0.987 bits per heavy atom. The molecule has 0 spiro atoms. The van der Waals surface area contributed by atoms with Gasteiger partial charge in [-0.05, 0) is 89.6 Å². The molecular formula is C57H78F2N10O8S. The molecule has 0 radical (unpaired) electrons. The Kier molecular flexibility index (Phi) is 16.9. The van der Waals surface area contributed by atoms with Gasteiger partial charge in [-0.25, -0.2) is 19.2 Å². The number of aromatic nitrogens is 3. The predicted octanol–water partition coefficient (Wildman–Crippen LogP) is 6.33. The van der Waals surface area contributed by atoms with Gasteiger partial charge in [0.2, 0.25) is 11.8 Å². The summed E-state index contributed by atoms with van der Waals surface area (Å²) in [5.41, 5.74) is 9.30. The number of ether oxygens (including phenoxy) is 4. The standard InChI is InChI=1S/C57H78F2N10O8S/c1-33(2)75-25-24-68-44-14-11-36-26-39(44)41(50(68)40-27-38(29-60-48(40)35(4)74-8)66-22-20-65(21-23-66)37-12-13-37)28-57(5,6)32-77-56(73)42-10-9-15-69(63-42)55(72)49(51(76-30-45(58)59)53-61-43(36)31-78-53)62-52(70)46-34(3)47(46)54(71)67-18-16-64(7)17-19-67/h11,14,26-27,29,31,33-35,37,42,45-47,49,51,63H,9-10,12-13,15-25,28,30,32H2,1-8H3,(H,62,70)/t34-,35+,42+,46-,47-,49+,51+/m1/s1. The summed E-state index contributed by atoms with van der Waals surface area (Å²) < 4.78 is 55.5. The van der Waals surface area contributed by atoms with Crippen LogP contribution in [0.15, 0.2) is 35.8 Å². The normalized spacial score (nSPS) is 25.9. The minimum absolute atomic E-state index is 0.0127. The van der Waals surface area contributed by atoms with Crippen LogP contribution in [0.25, 0.3) is 33.4 Å². The summed E-state index contributed by atoms with van der Waals surface area (Å²) in [5.74, 6) is -3.63. The molecule has 5 fully saturated rings. The molecule has 3 amide bonds. The second kappa shape index (κ2) is 23.5. The number of amides is 3. The summed E-state index contributed by atoms with van der Waals surface area (Å²) in [6.45, 7) is 18.3. The van der Waals surface area contributed by atoms with Gasteiger partial charge < -0.3 is 43.5 Å². The number of halogens is 2. The molecule has 4 aliphatic heterocycles. The maximum absolute atomic E-state index is 15.0. The molecule has 3 aromatic heterocycles. The molecule has 78 heavy (non-hydrogen) atoms. The first-order valence-corrected chi connectivity index (χ1v) is 28.9. The Morgan fingerprint density at radius 2 is 1.74 bits per heavy atom. The summed E-state index contributed by atoms with van der Waals surface area (Å²) in [6, 6.07) is 6.58. The number of piperazine rings is 2. The molecule has 10 rings (SSSR count). The quantitative estimate of drug-likeness (QED) is 0.126. The van der Waals surface area contributed by atoms with Crippen LogP contribution in [0.5, 0.6) is 0 Å². The number of esters is 1. The number of cyclic esters (lactones) is 1. The third-order valence-electron chi connectivity index (χ3n) is 16.7. The van der Waals surface area contributed by atoms with Crippen molar-refractivity contribution in [3.05, 3.63) is 52.1 Å². The topological polar surface area (TPSA) is 176 Å². The second-order valence-electron chi connectivity index (χ2n) is 23.4. The average molecular weight is 1100 g/mol. The smallest absolute Gasteiger partial charge is 0.324 e. The summed E-state index contributed by atoms with van der Waals surface area (Å²) >= 11 is 1.14. The zero-order chi connectivity index (χ0) is 55.2. The number of alkyl halides is 2. The van der Waals surface area contributed by atoms with Gasteiger partial charge in [0.15, 0.2) is 0 Å². The minimum atomic E-state index is -2.92. The summed E-state index contributed by atoms with van der Waals surface area (Å²) in [7, 11) is 3.69. The van der Waals surface area contributed by atoms with Gasteiger partial charge >= 0.3 is 5.97 Å². The lowest BCUT2D eigenvalue weighted by Crippen LogP contribution is -2.61. The monoisotopic (exact) mass is 1100 g/mol. The van der Waals surface area contributed by atoms with Crippen LogP contribution in [0.4, 0.5) is 14.5 Å². The van der Waals surface area contributed by atoms with Crippen molar-refractivity contribution in [1.29, 1.82) is 0 Å². The lowest BCUT2D eigenvalue weighted by Gasteiger charge is -2.37. The highest BCUT2D eigenvalue weighted by Gasteiger charge is 2.58. The second-order valence-corrected chi connectivity index (χ2v) is 24.3. The van der Waals surface area contributed by atoms with E-state index >= 15 is 4.79 Å². The van der Waals surface area contributed by atoms with Crippen LogP contribution in [0.2, 0.25) is 0 Å². The van der Waals surface area contributed by atoms with Crippen molar-refractivity contribution >= 4 is 51.6 Å². The van der Waals surface area contributed by atoms with Gasteiger partial charge in [0.1, 0.15) is 29.8 Å². The molecule has 18 nitrogen and oxygen atoms in total. The fourth-order valence-electron chi connectivity index (χ4n) is 11.9. The van der Waals surface area contributed by atoms with E-state index < -0.39 is 66.3 Å². The summed E-state index contributed by atoms with van der Waals surface area (Å²) in [5, 5.41) is 7.08. The average Bonchev–Trinajstić information content (AvgIpc) is 4.41. The molecule has 7 atom stereocenters. The highest BCUT2D eigenvalue weighted by atomic mass is 32.1. The zero-order valence-electron chi connectivity index (χ0n) is 46.5. The van der Waals surface area contributed by atoms with Crippen molar-refractivity contribution in [3.8, 4) is 22.5 Å². The Labute approximate surface area is 460 Å². The number of fused-ring (bicyclic) bond motifs is 6. The number of pyridine rings is 1. The SMILES string of the molecule is CO[C@@H](C)c1ncc(N2CCN(C3CC3)CC2)cc1-c1c2c3cc(ccc3n1CCOC(C)C)-c1csc(n1)[C@@H](OCC(F)F)[C@H](NC(=O)[C@@H]1[C@@H](C)[C@H]1C(=O)N1CCN(C)CC1)C(=O)N1CCC[C@H](N1)C(=O)OCC(C)(C)C2. The number of hydrazine groups is 1. The van der Waals surface area contributed by atoms with E-state index in [2.05, 4.69) is 62.1 Å². The van der Waals surface area contributed by atoms with E-state index in [1.165, 1.54) is 17.9 Å². The number of nitrogens with one attached hydrogen (secondary N) is 2. The first-order chi connectivity index (χ1) is 37.4. The van der Waals surface area contributed by atoms with Gasteiger partial charge in [-0.1, -0.05) is 26.8 Å². The Bertz CT molecular complexity index is 2830.